The third-order valence-corrected chi connectivity index (χ3v) is 1.38. The smallest absolute Gasteiger partial charge is 0.150 e. The molecule has 1 heterocycles. The van der Waals surface area contributed by atoms with Crippen molar-refractivity contribution in [2.75, 3.05) is 11.5 Å². The lowest BCUT2D eigenvalue weighted by Gasteiger charge is -2.04. The topological polar surface area (TPSA) is 77.8 Å². The van der Waals surface area contributed by atoms with Crippen molar-refractivity contribution in [2.24, 2.45) is 0 Å². The van der Waals surface area contributed by atoms with E-state index in [0.29, 0.717) is 11.5 Å². The van der Waals surface area contributed by atoms with Gasteiger partial charge in [-0.3, -0.25) is 0 Å². The highest BCUT2D eigenvalue weighted by Crippen LogP contribution is 2.13. The van der Waals surface area contributed by atoms with Crippen LogP contribution in [-0.4, -0.2) is 9.97 Å². The molecule has 0 unspecified atom stereocenters. The summed E-state index contributed by atoms with van der Waals surface area (Å²) in [6.07, 6.45) is 1.54. The van der Waals surface area contributed by atoms with Crippen LogP contribution in [0, 0.1) is 0 Å². The standard InChI is InChI=1S/C7H12N4/c1-4(2)7-10-3-5(8)6(9)11-7/h3-4H,8H2,1-2H3,(H2,9,10,11). The summed E-state index contributed by atoms with van der Waals surface area (Å²) in [4.78, 5) is 8.04. The van der Waals surface area contributed by atoms with Gasteiger partial charge in [0.1, 0.15) is 11.6 Å². The van der Waals surface area contributed by atoms with Crippen molar-refractivity contribution >= 4 is 11.5 Å². The van der Waals surface area contributed by atoms with Crippen molar-refractivity contribution in [2.45, 2.75) is 19.8 Å². The largest absolute Gasteiger partial charge is 0.394 e. The van der Waals surface area contributed by atoms with E-state index in [-0.39, 0.29) is 5.92 Å². The Morgan fingerprint density at radius 3 is 2.45 bits per heavy atom. The first-order valence-electron chi connectivity index (χ1n) is 3.49. The van der Waals surface area contributed by atoms with Crippen LogP contribution < -0.4 is 11.5 Å². The van der Waals surface area contributed by atoms with E-state index < -0.39 is 0 Å². The van der Waals surface area contributed by atoms with Crippen molar-refractivity contribution in [1.82, 2.24) is 9.97 Å². The number of aromatic nitrogens is 2. The van der Waals surface area contributed by atoms with Gasteiger partial charge in [0.25, 0.3) is 0 Å². The van der Waals surface area contributed by atoms with Gasteiger partial charge in [-0.15, -0.1) is 0 Å². The van der Waals surface area contributed by atoms with Gasteiger partial charge in [0.05, 0.1) is 11.9 Å². The Kier molecular flexibility index (Phi) is 1.94. The Hall–Kier alpha value is -1.32. The van der Waals surface area contributed by atoms with E-state index >= 15 is 0 Å². The summed E-state index contributed by atoms with van der Waals surface area (Å²) in [5, 5.41) is 0. The fourth-order valence-electron chi connectivity index (χ4n) is 0.697. The summed E-state index contributed by atoms with van der Waals surface area (Å²) in [6.45, 7) is 4.01. The van der Waals surface area contributed by atoms with Crippen LogP contribution in [0.2, 0.25) is 0 Å². The lowest BCUT2D eigenvalue weighted by molar-refractivity contribution is 0.778. The first-order valence-corrected chi connectivity index (χ1v) is 3.49. The molecule has 0 aliphatic heterocycles. The molecule has 4 heteroatoms. The molecule has 0 aliphatic carbocycles. The Labute approximate surface area is 65.6 Å². The molecule has 1 aromatic rings. The molecule has 0 saturated carbocycles. The van der Waals surface area contributed by atoms with Crippen LogP contribution in [0.25, 0.3) is 0 Å². The van der Waals surface area contributed by atoms with Crippen LogP contribution >= 0.6 is 0 Å². The van der Waals surface area contributed by atoms with E-state index in [0.717, 1.165) is 5.82 Å². The predicted molar refractivity (Wildman–Crippen MR) is 44.9 cm³/mol. The second-order valence-electron chi connectivity index (χ2n) is 2.72. The fourth-order valence-corrected chi connectivity index (χ4v) is 0.697. The molecule has 0 radical (unpaired) electrons. The minimum absolute atomic E-state index is 0.290. The van der Waals surface area contributed by atoms with Gasteiger partial charge in [0.15, 0.2) is 0 Å². The van der Waals surface area contributed by atoms with Crippen molar-refractivity contribution < 1.29 is 0 Å². The normalized spacial score (nSPS) is 10.5. The quantitative estimate of drug-likeness (QED) is 0.622. The van der Waals surface area contributed by atoms with Gasteiger partial charge in [-0.1, -0.05) is 13.8 Å². The number of nitrogens with zero attached hydrogens (tertiary/aromatic N) is 2. The third kappa shape index (κ3) is 1.58. The van der Waals surface area contributed by atoms with Crippen LogP contribution in [0.5, 0.6) is 0 Å². The van der Waals surface area contributed by atoms with Crippen molar-refractivity contribution in [1.29, 1.82) is 0 Å². The number of rotatable bonds is 1. The molecule has 0 spiro atoms. The SMILES string of the molecule is CC(C)c1ncc(N)c(N)n1. The maximum atomic E-state index is 5.48. The van der Waals surface area contributed by atoms with E-state index in [4.69, 9.17) is 11.5 Å². The number of nitrogens with two attached hydrogens (primary N) is 2. The zero-order chi connectivity index (χ0) is 8.43. The minimum atomic E-state index is 0.290. The molecule has 0 aromatic carbocycles. The second-order valence-corrected chi connectivity index (χ2v) is 2.72. The molecule has 0 fully saturated rings. The summed E-state index contributed by atoms with van der Waals surface area (Å²) in [5.41, 5.74) is 11.4. The molecule has 11 heavy (non-hydrogen) atoms. The average molecular weight is 152 g/mol. The number of nitrogen functional groups attached to an aromatic ring is 2. The van der Waals surface area contributed by atoms with Crippen molar-refractivity contribution in [3.63, 3.8) is 0 Å². The van der Waals surface area contributed by atoms with E-state index in [1.807, 2.05) is 13.8 Å². The van der Waals surface area contributed by atoms with Crippen LogP contribution in [0.1, 0.15) is 25.6 Å². The Morgan fingerprint density at radius 1 is 1.36 bits per heavy atom. The molecule has 60 valence electrons. The number of hydrogen-bond acceptors (Lipinski definition) is 4. The first-order chi connectivity index (χ1) is 5.11. The van der Waals surface area contributed by atoms with Crippen LogP contribution in [0.15, 0.2) is 6.20 Å². The number of anilines is 2. The zero-order valence-electron chi connectivity index (χ0n) is 6.70. The van der Waals surface area contributed by atoms with Crippen molar-refractivity contribution in [3.05, 3.63) is 12.0 Å². The first kappa shape index (κ1) is 7.78. The Bertz CT molecular complexity index is 257. The molecule has 0 aliphatic rings. The molecule has 0 bridgehead atoms. The lowest BCUT2D eigenvalue weighted by Crippen LogP contribution is -2.04. The van der Waals surface area contributed by atoms with Crippen LogP contribution in [-0.2, 0) is 0 Å². The van der Waals surface area contributed by atoms with Crippen molar-refractivity contribution in [3.8, 4) is 0 Å². The van der Waals surface area contributed by atoms with Gasteiger partial charge in [-0.25, -0.2) is 9.97 Å². The zero-order valence-corrected chi connectivity index (χ0v) is 6.70. The maximum Gasteiger partial charge on any atom is 0.150 e. The molecular weight excluding hydrogens is 140 g/mol. The summed E-state index contributed by atoms with van der Waals surface area (Å²) in [5.74, 6) is 1.39. The van der Waals surface area contributed by atoms with Gasteiger partial charge in [0.2, 0.25) is 0 Å². The molecule has 1 aromatic heterocycles. The van der Waals surface area contributed by atoms with Crippen LogP contribution in [0.3, 0.4) is 0 Å². The second kappa shape index (κ2) is 2.74. The van der Waals surface area contributed by atoms with Gasteiger partial charge < -0.3 is 11.5 Å². The van der Waals surface area contributed by atoms with E-state index in [1.54, 1.807) is 0 Å². The summed E-state index contributed by atoms with van der Waals surface area (Å²) >= 11 is 0. The minimum Gasteiger partial charge on any atom is -0.394 e. The van der Waals surface area contributed by atoms with E-state index in [1.165, 1.54) is 6.20 Å². The molecule has 4 N–H and O–H groups in total. The van der Waals surface area contributed by atoms with E-state index in [9.17, 15) is 0 Å². The van der Waals surface area contributed by atoms with Crippen LogP contribution in [0.4, 0.5) is 11.5 Å². The summed E-state index contributed by atoms with van der Waals surface area (Å²) < 4.78 is 0. The van der Waals surface area contributed by atoms with Gasteiger partial charge in [-0.2, -0.15) is 0 Å². The molecule has 1 rings (SSSR count). The lowest BCUT2D eigenvalue weighted by atomic mass is 10.2. The fraction of sp³-hybridized carbons (Fsp3) is 0.429. The summed E-state index contributed by atoms with van der Waals surface area (Å²) in [7, 11) is 0. The molecule has 4 nitrogen and oxygen atoms in total. The number of hydrogen-bond donors (Lipinski definition) is 2. The molecule has 0 saturated heterocycles. The Morgan fingerprint density at radius 2 is 2.00 bits per heavy atom. The third-order valence-electron chi connectivity index (χ3n) is 1.38. The Balaban J connectivity index is 3.05. The van der Waals surface area contributed by atoms with Gasteiger partial charge >= 0.3 is 0 Å². The predicted octanol–water partition coefficient (Wildman–Crippen LogP) is 0.764. The van der Waals surface area contributed by atoms with Gasteiger partial charge in [0, 0.05) is 5.92 Å². The highest BCUT2D eigenvalue weighted by molar-refractivity contribution is 5.55. The maximum absolute atomic E-state index is 5.48. The molecular formula is C7H12N4. The molecule has 0 amide bonds. The highest BCUT2D eigenvalue weighted by Gasteiger charge is 2.03. The van der Waals surface area contributed by atoms with E-state index in [2.05, 4.69) is 9.97 Å². The average Bonchev–Trinajstić information content (AvgIpc) is 1.94. The van der Waals surface area contributed by atoms with Gasteiger partial charge in [-0.05, 0) is 0 Å². The monoisotopic (exact) mass is 152 g/mol. The highest BCUT2D eigenvalue weighted by atomic mass is 15.0. The summed E-state index contributed by atoms with van der Waals surface area (Å²) in [6, 6.07) is 0. The molecule has 0 atom stereocenters.